The van der Waals surface area contributed by atoms with Gasteiger partial charge >= 0.3 is 0 Å². The third kappa shape index (κ3) is 5.76. The van der Waals surface area contributed by atoms with Gasteiger partial charge in [0.2, 0.25) is 5.78 Å². The SMILES string of the molecule is CC(=O)C(=O)[C@@H](N)CCCNC(N)N. The number of ketones is 2. The molecule has 0 aromatic rings. The summed E-state index contributed by atoms with van der Waals surface area (Å²) >= 11 is 0. The number of carbonyl (C=O) groups excluding carboxylic acids is 2. The van der Waals surface area contributed by atoms with Crippen LogP contribution in [0.5, 0.6) is 0 Å². The molecule has 0 amide bonds. The molecule has 0 aliphatic carbocycles. The Morgan fingerprint density at radius 3 is 2.29 bits per heavy atom. The molecule has 0 unspecified atom stereocenters. The van der Waals surface area contributed by atoms with Crippen molar-refractivity contribution in [1.29, 1.82) is 0 Å². The lowest BCUT2D eigenvalue weighted by Crippen LogP contribution is -2.46. The summed E-state index contributed by atoms with van der Waals surface area (Å²) in [6, 6.07) is -0.705. The number of nitrogens with two attached hydrogens (primary N) is 3. The van der Waals surface area contributed by atoms with E-state index in [0.717, 1.165) is 0 Å². The Morgan fingerprint density at radius 2 is 1.86 bits per heavy atom. The van der Waals surface area contributed by atoms with Crippen molar-refractivity contribution in [2.45, 2.75) is 32.1 Å². The van der Waals surface area contributed by atoms with Crippen LogP contribution >= 0.6 is 0 Å². The van der Waals surface area contributed by atoms with Crippen LogP contribution in [0.1, 0.15) is 19.8 Å². The van der Waals surface area contributed by atoms with Crippen molar-refractivity contribution in [2.75, 3.05) is 6.54 Å². The Kier molecular flexibility index (Phi) is 6.22. The summed E-state index contributed by atoms with van der Waals surface area (Å²) < 4.78 is 0. The molecule has 0 rings (SSSR count). The van der Waals surface area contributed by atoms with E-state index < -0.39 is 23.9 Å². The average Bonchev–Trinajstić information content (AvgIpc) is 2.10. The minimum atomic E-state index is -0.705. The lowest BCUT2D eigenvalue weighted by Gasteiger charge is -2.10. The standard InChI is InChI=1S/C8H18N4O2/c1-5(13)7(14)6(9)3-2-4-12-8(10)11/h6,8,12H,2-4,9-11H2,1H3/t6-/m0/s1. The van der Waals surface area contributed by atoms with Crippen LogP contribution in [0.2, 0.25) is 0 Å². The predicted molar refractivity (Wildman–Crippen MR) is 53.1 cm³/mol. The van der Waals surface area contributed by atoms with E-state index in [0.29, 0.717) is 19.4 Å². The molecular weight excluding hydrogens is 184 g/mol. The van der Waals surface area contributed by atoms with Crippen LogP contribution in [0, 0.1) is 0 Å². The van der Waals surface area contributed by atoms with Gasteiger partial charge in [-0.2, -0.15) is 0 Å². The lowest BCUT2D eigenvalue weighted by molar-refractivity contribution is -0.136. The molecule has 6 heteroatoms. The Morgan fingerprint density at radius 1 is 1.29 bits per heavy atom. The molecule has 0 aromatic carbocycles. The number of hydrogen-bond acceptors (Lipinski definition) is 6. The van der Waals surface area contributed by atoms with Crippen LogP contribution < -0.4 is 22.5 Å². The quantitative estimate of drug-likeness (QED) is 0.216. The zero-order valence-electron chi connectivity index (χ0n) is 8.32. The van der Waals surface area contributed by atoms with Crippen molar-refractivity contribution in [3.05, 3.63) is 0 Å². The Labute approximate surface area is 83.2 Å². The second-order valence-electron chi connectivity index (χ2n) is 3.15. The molecule has 0 aromatic heterocycles. The Bertz CT molecular complexity index is 206. The predicted octanol–water partition coefficient (Wildman–Crippen LogP) is -1.96. The van der Waals surface area contributed by atoms with Gasteiger partial charge in [0, 0.05) is 6.92 Å². The van der Waals surface area contributed by atoms with E-state index in [4.69, 9.17) is 17.2 Å². The number of rotatable bonds is 7. The molecule has 14 heavy (non-hydrogen) atoms. The molecule has 7 N–H and O–H groups in total. The van der Waals surface area contributed by atoms with E-state index in [9.17, 15) is 9.59 Å². The third-order valence-electron chi connectivity index (χ3n) is 1.76. The van der Waals surface area contributed by atoms with E-state index in [1.54, 1.807) is 0 Å². The highest BCUT2D eigenvalue weighted by molar-refractivity contribution is 6.38. The maximum atomic E-state index is 11.0. The maximum Gasteiger partial charge on any atom is 0.214 e. The number of Topliss-reactive ketones (excluding diaryl/α,β-unsaturated/α-hetero) is 2. The van der Waals surface area contributed by atoms with Gasteiger partial charge in [0.15, 0.2) is 5.78 Å². The lowest BCUT2D eigenvalue weighted by atomic mass is 10.1. The van der Waals surface area contributed by atoms with Crippen molar-refractivity contribution in [1.82, 2.24) is 5.32 Å². The highest BCUT2D eigenvalue weighted by Gasteiger charge is 2.16. The van der Waals surface area contributed by atoms with Gasteiger partial charge in [-0.05, 0) is 19.4 Å². The molecular formula is C8H18N4O2. The van der Waals surface area contributed by atoms with Gasteiger partial charge in [-0.15, -0.1) is 0 Å². The summed E-state index contributed by atoms with van der Waals surface area (Å²) in [5.74, 6) is -1.02. The minimum Gasteiger partial charge on any atom is -0.321 e. The van der Waals surface area contributed by atoms with E-state index >= 15 is 0 Å². The molecule has 0 heterocycles. The molecule has 1 atom stereocenters. The smallest absolute Gasteiger partial charge is 0.214 e. The summed E-state index contributed by atoms with van der Waals surface area (Å²) in [5, 5.41) is 2.77. The number of hydrogen-bond donors (Lipinski definition) is 4. The van der Waals surface area contributed by atoms with Crippen LogP contribution in [0.15, 0.2) is 0 Å². The summed E-state index contributed by atoms with van der Waals surface area (Å²) in [6.45, 7) is 1.80. The van der Waals surface area contributed by atoms with Crippen molar-refractivity contribution >= 4 is 11.6 Å². The summed E-state index contributed by atoms with van der Waals surface area (Å²) in [6.07, 6.45) is 0.554. The van der Waals surface area contributed by atoms with Crippen LogP contribution in [-0.2, 0) is 9.59 Å². The first-order valence-corrected chi connectivity index (χ1v) is 4.50. The minimum absolute atomic E-state index is 0.456. The van der Waals surface area contributed by atoms with Gasteiger partial charge in [-0.3, -0.25) is 14.9 Å². The van der Waals surface area contributed by atoms with Crippen molar-refractivity contribution in [3.63, 3.8) is 0 Å². The van der Waals surface area contributed by atoms with E-state index in [-0.39, 0.29) is 0 Å². The molecule has 0 fully saturated rings. The third-order valence-corrected chi connectivity index (χ3v) is 1.76. The Balaban J connectivity index is 3.59. The molecule has 0 aliphatic rings. The van der Waals surface area contributed by atoms with E-state index in [1.165, 1.54) is 6.92 Å². The maximum absolute atomic E-state index is 11.0. The van der Waals surface area contributed by atoms with Crippen molar-refractivity contribution < 1.29 is 9.59 Å². The summed E-state index contributed by atoms with van der Waals surface area (Å²) in [7, 11) is 0. The monoisotopic (exact) mass is 202 g/mol. The number of carbonyl (C=O) groups is 2. The highest BCUT2D eigenvalue weighted by atomic mass is 16.2. The summed E-state index contributed by atoms with van der Waals surface area (Å²) in [4.78, 5) is 21.7. The molecule has 0 aliphatic heterocycles. The molecule has 6 nitrogen and oxygen atoms in total. The van der Waals surface area contributed by atoms with E-state index in [1.807, 2.05) is 0 Å². The molecule has 0 bridgehead atoms. The Hall–Kier alpha value is -0.820. The molecule has 0 spiro atoms. The van der Waals surface area contributed by atoms with Crippen LogP contribution in [0.25, 0.3) is 0 Å². The number of nitrogens with one attached hydrogen (secondary N) is 1. The van der Waals surface area contributed by atoms with Crippen molar-refractivity contribution in [3.8, 4) is 0 Å². The first-order valence-electron chi connectivity index (χ1n) is 4.50. The zero-order valence-corrected chi connectivity index (χ0v) is 8.32. The van der Waals surface area contributed by atoms with E-state index in [2.05, 4.69) is 5.32 Å². The molecule has 82 valence electrons. The van der Waals surface area contributed by atoms with Gasteiger partial charge in [0.25, 0.3) is 0 Å². The largest absolute Gasteiger partial charge is 0.321 e. The normalized spacial score (nSPS) is 12.9. The van der Waals surface area contributed by atoms with Gasteiger partial charge < -0.3 is 17.2 Å². The van der Waals surface area contributed by atoms with Gasteiger partial charge in [0.05, 0.1) is 6.04 Å². The van der Waals surface area contributed by atoms with Gasteiger partial charge in [-0.1, -0.05) is 0 Å². The average molecular weight is 202 g/mol. The van der Waals surface area contributed by atoms with Crippen molar-refractivity contribution in [2.24, 2.45) is 17.2 Å². The molecule has 0 radical (unpaired) electrons. The first kappa shape index (κ1) is 13.2. The highest BCUT2D eigenvalue weighted by Crippen LogP contribution is 1.95. The second-order valence-corrected chi connectivity index (χ2v) is 3.15. The van der Waals surface area contributed by atoms with Crippen LogP contribution in [0.3, 0.4) is 0 Å². The fourth-order valence-electron chi connectivity index (χ4n) is 0.983. The summed E-state index contributed by atoms with van der Waals surface area (Å²) in [5.41, 5.74) is 15.9. The fraction of sp³-hybridized carbons (Fsp3) is 0.750. The van der Waals surface area contributed by atoms with Crippen LogP contribution in [-0.4, -0.2) is 30.4 Å². The molecule has 0 saturated heterocycles. The fourth-order valence-corrected chi connectivity index (χ4v) is 0.983. The van der Waals surface area contributed by atoms with Gasteiger partial charge in [0.1, 0.15) is 6.29 Å². The topological polar surface area (TPSA) is 124 Å². The van der Waals surface area contributed by atoms with Gasteiger partial charge in [-0.25, -0.2) is 0 Å². The zero-order chi connectivity index (χ0) is 11.1. The molecule has 0 saturated carbocycles. The second kappa shape index (κ2) is 6.61. The first-order chi connectivity index (χ1) is 6.45. The van der Waals surface area contributed by atoms with Crippen LogP contribution in [0.4, 0.5) is 0 Å².